The molecule has 0 aromatic heterocycles. The molecule has 2 saturated heterocycles. The van der Waals surface area contributed by atoms with Crippen molar-refractivity contribution in [2.24, 2.45) is 4.99 Å². The summed E-state index contributed by atoms with van der Waals surface area (Å²) >= 11 is 0. The first kappa shape index (κ1) is 13.9. The second-order valence-corrected chi connectivity index (χ2v) is 5.99. The minimum atomic E-state index is -0.381. The average molecular weight is 285 g/mol. The van der Waals surface area contributed by atoms with Crippen LogP contribution in [0, 0.1) is 25.2 Å². The Morgan fingerprint density at radius 1 is 1.43 bits per heavy atom. The minimum Gasteiger partial charge on any atom is -0.462 e. The third-order valence-corrected chi connectivity index (χ3v) is 4.78. The third kappa shape index (κ3) is 1.98. The number of nitrogens with zero attached hydrogens (tertiary/aromatic N) is 3. The van der Waals surface area contributed by atoms with Crippen molar-refractivity contribution in [3.8, 4) is 6.07 Å². The van der Waals surface area contributed by atoms with E-state index in [0.29, 0.717) is 18.2 Å². The number of aliphatic imine (C=N–C) groups is 1. The standard InChI is InChI=1S/C16H19N3O2/c1-10-11(2)13(5-4-12(10)8-17)18-15-19-7-6-14(20)16(19,3)9-21-15/h4-5,14,20H,6-7,9H2,1-3H3/t14-,16?/m0/s1. The van der Waals surface area contributed by atoms with Crippen molar-refractivity contribution in [1.82, 2.24) is 4.90 Å². The molecule has 1 N–H and O–H groups in total. The summed E-state index contributed by atoms with van der Waals surface area (Å²) in [6.45, 7) is 7.11. The molecule has 0 aliphatic carbocycles. The van der Waals surface area contributed by atoms with Crippen molar-refractivity contribution in [2.45, 2.75) is 38.8 Å². The molecule has 3 rings (SSSR count). The zero-order valence-electron chi connectivity index (χ0n) is 12.6. The number of ether oxygens (including phenoxy) is 1. The van der Waals surface area contributed by atoms with Gasteiger partial charge in [0.15, 0.2) is 0 Å². The zero-order chi connectivity index (χ0) is 15.2. The SMILES string of the molecule is Cc1c(C#N)ccc(N=C2OCC3(C)[C@@H](O)CCN23)c1C. The van der Waals surface area contributed by atoms with Crippen molar-refractivity contribution in [1.29, 1.82) is 5.26 Å². The molecule has 5 nitrogen and oxygen atoms in total. The van der Waals surface area contributed by atoms with Gasteiger partial charge in [0.25, 0.3) is 6.02 Å². The third-order valence-electron chi connectivity index (χ3n) is 4.78. The van der Waals surface area contributed by atoms with Gasteiger partial charge in [0.2, 0.25) is 0 Å². The van der Waals surface area contributed by atoms with Gasteiger partial charge >= 0.3 is 0 Å². The van der Waals surface area contributed by atoms with Gasteiger partial charge in [0, 0.05) is 6.54 Å². The lowest BCUT2D eigenvalue weighted by Gasteiger charge is -2.27. The van der Waals surface area contributed by atoms with E-state index in [9.17, 15) is 5.11 Å². The summed E-state index contributed by atoms with van der Waals surface area (Å²) in [5, 5.41) is 19.2. The highest BCUT2D eigenvalue weighted by Gasteiger charge is 2.51. The van der Waals surface area contributed by atoms with E-state index >= 15 is 0 Å². The molecule has 2 heterocycles. The van der Waals surface area contributed by atoms with E-state index < -0.39 is 0 Å². The van der Waals surface area contributed by atoms with Gasteiger partial charge in [-0.3, -0.25) is 0 Å². The van der Waals surface area contributed by atoms with Crippen LogP contribution >= 0.6 is 0 Å². The normalized spacial score (nSPS) is 29.4. The topological polar surface area (TPSA) is 68.8 Å². The number of aliphatic hydroxyl groups excluding tert-OH is 1. The van der Waals surface area contributed by atoms with Gasteiger partial charge in [-0.2, -0.15) is 10.3 Å². The first-order chi connectivity index (χ1) is 9.97. The molecule has 2 fully saturated rings. The summed E-state index contributed by atoms with van der Waals surface area (Å²) in [6, 6.07) is 6.39. The highest BCUT2D eigenvalue weighted by molar-refractivity contribution is 5.81. The van der Waals surface area contributed by atoms with Gasteiger partial charge in [-0.1, -0.05) is 0 Å². The van der Waals surface area contributed by atoms with Crippen molar-refractivity contribution in [2.75, 3.05) is 13.2 Å². The first-order valence-corrected chi connectivity index (χ1v) is 7.15. The molecule has 2 aliphatic heterocycles. The molecule has 1 aromatic rings. The summed E-state index contributed by atoms with van der Waals surface area (Å²) in [4.78, 5) is 6.66. The number of nitriles is 1. The highest BCUT2D eigenvalue weighted by atomic mass is 16.5. The van der Waals surface area contributed by atoms with Crippen LogP contribution in [0.25, 0.3) is 0 Å². The van der Waals surface area contributed by atoms with Crippen LogP contribution in [0.3, 0.4) is 0 Å². The quantitative estimate of drug-likeness (QED) is 0.857. The van der Waals surface area contributed by atoms with E-state index in [1.54, 1.807) is 6.07 Å². The highest BCUT2D eigenvalue weighted by Crippen LogP contribution is 2.36. The van der Waals surface area contributed by atoms with Crippen LogP contribution in [-0.2, 0) is 4.74 Å². The summed E-state index contributed by atoms with van der Waals surface area (Å²) in [5.41, 5.74) is 3.05. The fourth-order valence-electron chi connectivity index (χ4n) is 3.02. The maximum atomic E-state index is 10.1. The Morgan fingerprint density at radius 3 is 2.90 bits per heavy atom. The lowest BCUT2D eigenvalue weighted by Crippen LogP contribution is -2.46. The summed E-state index contributed by atoms with van der Waals surface area (Å²) < 4.78 is 5.70. The molecule has 21 heavy (non-hydrogen) atoms. The number of amidine groups is 1. The summed E-state index contributed by atoms with van der Waals surface area (Å²) in [5.74, 6) is 0. The zero-order valence-corrected chi connectivity index (χ0v) is 12.6. The largest absolute Gasteiger partial charge is 0.462 e. The van der Waals surface area contributed by atoms with Crippen LogP contribution in [0.15, 0.2) is 17.1 Å². The molecular formula is C16H19N3O2. The molecule has 0 bridgehead atoms. The van der Waals surface area contributed by atoms with Crippen LogP contribution in [0.5, 0.6) is 0 Å². The van der Waals surface area contributed by atoms with Gasteiger partial charge in [0.1, 0.15) is 12.1 Å². The first-order valence-electron chi connectivity index (χ1n) is 7.15. The minimum absolute atomic E-state index is 0.367. The Hall–Kier alpha value is -2.06. The smallest absolute Gasteiger partial charge is 0.293 e. The lowest BCUT2D eigenvalue weighted by molar-refractivity contribution is 0.0714. The molecule has 1 aromatic carbocycles. The van der Waals surface area contributed by atoms with Crippen LogP contribution in [-0.4, -0.2) is 40.8 Å². The maximum absolute atomic E-state index is 10.1. The van der Waals surface area contributed by atoms with Crippen LogP contribution < -0.4 is 0 Å². The molecule has 5 heteroatoms. The second kappa shape index (κ2) is 4.74. The van der Waals surface area contributed by atoms with Gasteiger partial charge in [-0.15, -0.1) is 0 Å². The number of aliphatic hydroxyl groups is 1. The Morgan fingerprint density at radius 2 is 2.19 bits per heavy atom. The summed E-state index contributed by atoms with van der Waals surface area (Å²) in [7, 11) is 0. The van der Waals surface area contributed by atoms with Gasteiger partial charge in [0.05, 0.1) is 23.4 Å². The Balaban J connectivity index is 1.98. The van der Waals surface area contributed by atoms with Crippen LogP contribution in [0.2, 0.25) is 0 Å². The maximum Gasteiger partial charge on any atom is 0.293 e. The Bertz CT molecular complexity index is 662. The predicted octanol–water partition coefficient (Wildman–Crippen LogP) is 2.02. The molecule has 0 amide bonds. The number of hydrogen-bond donors (Lipinski definition) is 1. The lowest BCUT2D eigenvalue weighted by atomic mass is 9.98. The number of hydrogen-bond acceptors (Lipinski definition) is 4. The monoisotopic (exact) mass is 285 g/mol. The van der Waals surface area contributed by atoms with Gasteiger partial charge < -0.3 is 14.7 Å². The molecule has 2 aliphatic rings. The van der Waals surface area contributed by atoms with Crippen molar-refractivity contribution >= 4 is 11.7 Å². The Labute approximate surface area is 124 Å². The van der Waals surface area contributed by atoms with E-state index in [4.69, 9.17) is 10.00 Å². The average Bonchev–Trinajstić information content (AvgIpc) is 2.94. The van der Waals surface area contributed by atoms with E-state index in [-0.39, 0.29) is 11.6 Å². The molecule has 0 saturated carbocycles. The van der Waals surface area contributed by atoms with Crippen molar-refractivity contribution in [3.63, 3.8) is 0 Å². The fraction of sp³-hybridized carbons (Fsp3) is 0.500. The van der Waals surface area contributed by atoms with E-state index in [1.807, 2.05) is 31.7 Å². The van der Waals surface area contributed by atoms with E-state index in [1.165, 1.54) is 0 Å². The number of rotatable bonds is 1. The van der Waals surface area contributed by atoms with E-state index in [0.717, 1.165) is 29.8 Å². The van der Waals surface area contributed by atoms with Crippen molar-refractivity contribution in [3.05, 3.63) is 28.8 Å². The second-order valence-electron chi connectivity index (χ2n) is 5.99. The Kier molecular flexibility index (Phi) is 3.14. The molecule has 2 atom stereocenters. The van der Waals surface area contributed by atoms with Crippen LogP contribution in [0.4, 0.5) is 5.69 Å². The molecular weight excluding hydrogens is 266 g/mol. The van der Waals surface area contributed by atoms with Crippen molar-refractivity contribution < 1.29 is 9.84 Å². The fourth-order valence-corrected chi connectivity index (χ4v) is 3.02. The molecule has 0 spiro atoms. The van der Waals surface area contributed by atoms with E-state index in [2.05, 4.69) is 11.1 Å². The number of fused-ring (bicyclic) bond motifs is 1. The molecule has 1 unspecified atom stereocenters. The molecule has 0 radical (unpaired) electrons. The predicted molar refractivity (Wildman–Crippen MR) is 79.4 cm³/mol. The van der Waals surface area contributed by atoms with Crippen LogP contribution in [0.1, 0.15) is 30.0 Å². The van der Waals surface area contributed by atoms with Gasteiger partial charge in [-0.25, -0.2) is 0 Å². The molecule has 110 valence electrons. The number of benzene rings is 1. The van der Waals surface area contributed by atoms with Gasteiger partial charge in [-0.05, 0) is 50.5 Å². The summed E-state index contributed by atoms with van der Waals surface area (Å²) in [6.07, 6.45) is 0.360.